The fourth-order valence-electron chi connectivity index (χ4n) is 0.717. The lowest BCUT2D eigenvalue weighted by Crippen LogP contribution is -2.31. The lowest BCUT2D eigenvalue weighted by Gasteiger charge is -2.11. The van der Waals surface area contributed by atoms with Gasteiger partial charge >= 0.3 is 0 Å². The first-order valence-corrected chi connectivity index (χ1v) is 3.99. The third kappa shape index (κ3) is 7.78. The molecule has 1 unspecified atom stereocenters. The molecule has 3 nitrogen and oxygen atoms in total. The van der Waals surface area contributed by atoms with Crippen molar-refractivity contribution < 1.29 is 9.47 Å². The van der Waals surface area contributed by atoms with Crippen LogP contribution < -0.4 is 5.73 Å². The van der Waals surface area contributed by atoms with Crippen LogP contribution in [0.3, 0.4) is 0 Å². The van der Waals surface area contributed by atoms with Gasteiger partial charge < -0.3 is 15.2 Å². The normalized spacial score (nSPS) is 13.9. The maximum Gasteiger partial charge on any atom is 0.0640 e. The summed E-state index contributed by atoms with van der Waals surface area (Å²) in [6.45, 7) is 6.16. The van der Waals surface area contributed by atoms with Gasteiger partial charge in [-0.2, -0.15) is 0 Å². The van der Waals surface area contributed by atoms with Crippen molar-refractivity contribution in [1.82, 2.24) is 0 Å². The standard InChI is InChI=1S/C8H19NO2/c1-7(2)4-11-6-8(9)5-10-3/h7-8H,4-6,9H2,1-3H3. The zero-order valence-electron chi connectivity index (χ0n) is 7.67. The minimum absolute atomic E-state index is 0.0127. The van der Waals surface area contributed by atoms with E-state index >= 15 is 0 Å². The highest BCUT2D eigenvalue weighted by atomic mass is 16.5. The number of ether oxygens (including phenoxy) is 2. The van der Waals surface area contributed by atoms with E-state index in [0.29, 0.717) is 19.1 Å². The summed E-state index contributed by atoms with van der Waals surface area (Å²) in [5.74, 6) is 0.574. The Morgan fingerprint density at radius 1 is 1.18 bits per heavy atom. The van der Waals surface area contributed by atoms with Crippen LogP contribution in [-0.4, -0.2) is 33.0 Å². The first-order valence-electron chi connectivity index (χ1n) is 3.99. The average Bonchev–Trinajstić information content (AvgIpc) is 1.87. The third-order valence-corrected chi connectivity index (χ3v) is 1.16. The van der Waals surface area contributed by atoms with Crippen LogP contribution in [0.15, 0.2) is 0 Å². The van der Waals surface area contributed by atoms with Crippen LogP contribution in [0.2, 0.25) is 0 Å². The number of rotatable bonds is 6. The zero-order valence-corrected chi connectivity index (χ0v) is 7.67. The second kappa shape index (κ2) is 6.58. The molecule has 0 saturated heterocycles. The second-order valence-corrected chi connectivity index (χ2v) is 3.15. The molecule has 3 heteroatoms. The summed E-state index contributed by atoms with van der Waals surface area (Å²) in [5, 5.41) is 0. The van der Waals surface area contributed by atoms with E-state index in [4.69, 9.17) is 15.2 Å². The van der Waals surface area contributed by atoms with Gasteiger partial charge in [0.05, 0.1) is 19.3 Å². The van der Waals surface area contributed by atoms with Crippen molar-refractivity contribution in [2.75, 3.05) is 26.9 Å². The fraction of sp³-hybridized carbons (Fsp3) is 1.00. The van der Waals surface area contributed by atoms with E-state index in [1.807, 2.05) is 0 Å². The van der Waals surface area contributed by atoms with Crippen LogP contribution in [0.4, 0.5) is 0 Å². The van der Waals surface area contributed by atoms with E-state index in [9.17, 15) is 0 Å². The molecule has 0 aliphatic rings. The Labute approximate surface area is 68.9 Å². The average molecular weight is 161 g/mol. The maximum absolute atomic E-state index is 5.62. The van der Waals surface area contributed by atoms with Gasteiger partial charge in [-0.3, -0.25) is 0 Å². The van der Waals surface area contributed by atoms with Crippen LogP contribution in [0.25, 0.3) is 0 Å². The molecular formula is C8H19NO2. The van der Waals surface area contributed by atoms with Crippen molar-refractivity contribution >= 4 is 0 Å². The summed E-state index contributed by atoms with van der Waals surface area (Å²) in [6.07, 6.45) is 0. The summed E-state index contributed by atoms with van der Waals surface area (Å²) in [4.78, 5) is 0. The van der Waals surface area contributed by atoms with E-state index in [-0.39, 0.29) is 6.04 Å². The molecule has 0 aliphatic heterocycles. The molecule has 0 rings (SSSR count). The van der Waals surface area contributed by atoms with Gasteiger partial charge in [0.1, 0.15) is 0 Å². The first kappa shape index (κ1) is 10.9. The molecule has 0 heterocycles. The molecule has 0 bridgehead atoms. The quantitative estimate of drug-likeness (QED) is 0.621. The Kier molecular flexibility index (Phi) is 6.51. The molecule has 0 spiro atoms. The van der Waals surface area contributed by atoms with Crippen LogP contribution in [0.1, 0.15) is 13.8 Å². The van der Waals surface area contributed by atoms with E-state index in [2.05, 4.69) is 13.8 Å². The lowest BCUT2D eigenvalue weighted by molar-refractivity contribution is 0.0723. The van der Waals surface area contributed by atoms with Gasteiger partial charge in [0.2, 0.25) is 0 Å². The molecular weight excluding hydrogens is 142 g/mol. The summed E-state index contributed by atoms with van der Waals surface area (Å²) in [5.41, 5.74) is 5.62. The smallest absolute Gasteiger partial charge is 0.0640 e. The SMILES string of the molecule is COCC(N)COCC(C)C. The molecule has 0 amide bonds. The number of hydrogen-bond donors (Lipinski definition) is 1. The molecule has 0 radical (unpaired) electrons. The molecule has 11 heavy (non-hydrogen) atoms. The molecule has 0 fully saturated rings. The van der Waals surface area contributed by atoms with Crippen molar-refractivity contribution in [1.29, 1.82) is 0 Å². The first-order chi connectivity index (χ1) is 5.16. The van der Waals surface area contributed by atoms with Crippen LogP contribution in [0.5, 0.6) is 0 Å². The van der Waals surface area contributed by atoms with Gasteiger partial charge in [-0.15, -0.1) is 0 Å². The molecule has 0 saturated carbocycles. The maximum atomic E-state index is 5.62. The van der Waals surface area contributed by atoms with Gasteiger partial charge in [0, 0.05) is 13.7 Å². The highest BCUT2D eigenvalue weighted by molar-refractivity contribution is 4.57. The van der Waals surface area contributed by atoms with E-state index in [1.165, 1.54) is 0 Å². The lowest BCUT2D eigenvalue weighted by atomic mass is 10.2. The van der Waals surface area contributed by atoms with Crippen LogP contribution >= 0.6 is 0 Å². The van der Waals surface area contributed by atoms with Gasteiger partial charge in [0.25, 0.3) is 0 Å². The van der Waals surface area contributed by atoms with Gasteiger partial charge in [-0.1, -0.05) is 13.8 Å². The van der Waals surface area contributed by atoms with Crippen molar-refractivity contribution in [3.05, 3.63) is 0 Å². The van der Waals surface area contributed by atoms with E-state index < -0.39 is 0 Å². The molecule has 0 aromatic rings. The molecule has 2 N–H and O–H groups in total. The molecule has 1 atom stereocenters. The predicted octanol–water partition coefficient (Wildman–Crippen LogP) is 0.633. The topological polar surface area (TPSA) is 44.5 Å². The third-order valence-electron chi connectivity index (χ3n) is 1.16. The Morgan fingerprint density at radius 3 is 2.27 bits per heavy atom. The van der Waals surface area contributed by atoms with Crippen molar-refractivity contribution in [3.63, 3.8) is 0 Å². The summed E-state index contributed by atoms with van der Waals surface area (Å²) >= 11 is 0. The number of nitrogens with two attached hydrogens (primary N) is 1. The number of hydrogen-bond acceptors (Lipinski definition) is 3. The van der Waals surface area contributed by atoms with Gasteiger partial charge in [0.15, 0.2) is 0 Å². The van der Waals surface area contributed by atoms with Crippen molar-refractivity contribution in [2.45, 2.75) is 19.9 Å². The molecule has 0 aliphatic carbocycles. The van der Waals surface area contributed by atoms with Gasteiger partial charge in [-0.05, 0) is 5.92 Å². The molecule has 0 aromatic carbocycles. The number of methoxy groups -OCH3 is 1. The second-order valence-electron chi connectivity index (χ2n) is 3.15. The predicted molar refractivity (Wildman–Crippen MR) is 45.5 cm³/mol. The monoisotopic (exact) mass is 161 g/mol. The highest BCUT2D eigenvalue weighted by Gasteiger charge is 2.01. The van der Waals surface area contributed by atoms with Crippen molar-refractivity contribution in [2.24, 2.45) is 11.7 Å². The van der Waals surface area contributed by atoms with Crippen molar-refractivity contribution in [3.8, 4) is 0 Å². The summed E-state index contributed by atoms with van der Waals surface area (Å²) in [7, 11) is 1.64. The Bertz CT molecular complexity index is 86.2. The van der Waals surface area contributed by atoms with Crippen LogP contribution in [0, 0.1) is 5.92 Å². The largest absolute Gasteiger partial charge is 0.383 e. The van der Waals surface area contributed by atoms with Gasteiger partial charge in [-0.25, -0.2) is 0 Å². The van der Waals surface area contributed by atoms with E-state index in [1.54, 1.807) is 7.11 Å². The highest BCUT2D eigenvalue weighted by Crippen LogP contribution is 1.92. The van der Waals surface area contributed by atoms with Crippen LogP contribution in [-0.2, 0) is 9.47 Å². The Balaban J connectivity index is 3.10. The minimum atomic E-state index is 0.0127. The molecule has 0 aromatic heterocycles. The Morgan fingerprint density at radius 2 is 1.82 bits per heavy atom. The Hall–Kier alpha value is -0.120. The minimum Gasteiger partial charge on any atom is -0.383 e. The summed E-state index contributed by atoms with van der Waals surface area (Å²) in [6, 6.07) is 0.0127. The fourth-order valence-corrected chi connectivity index (χ4v) is 0.717. The summed E-state index contributed by atoms with van der Waals surface area (Å²) < 4.78 is 10.2. The van der Waals surface area contributed by atoms with E-state index in [0.717, 1.165) is 6.61 Å². The zero-order chi connectivity index (χ0) is 8.69. The molecule has 68 valence electrons.